The van der Waals surface area contributed by atoms with Gasteiger partial charge in [-0.05, 0) is 37.5 Å². The highest BCUT2D eigenvalue weighted by Crippen LogP contribution is 2.45. The summed E-state index contributed by atoms with van der Waals surface area (Å²) >= 11 is 0. The zero-order valence-corrected chi connectivity index (χ0v) is 55.3. The molecule has 17 nitrogen and oxygen atoms in total. The number of unbranched alkanes of at least 4 members (excludes halogenated alkanes) is 33. The summed E-state index contributed by atoms with van der Waals surface area (Å²) in [7, 11) is -9.88. The Hall–Kier alpha value is -1.94. The molecule has 0 aliphatic carbocycles. The van der Waals surface area contributed by atoms with E-state index in [1.165, 1.54) is 122 Å². The molecule has 0 aliphatic rings. The third-order valence-electron chi connectivity index (χ3n) is 14.7. The second-order valence-electron chi connectivity index (χ2n) is 24.1. The van der Waals surface area contributed by atoms with E-state index in [0.29, 0.717) is 37.5 Å². The van der Waals surface area contributed by atoms with Crippen LogP contribution in [-0.2, 0) is 65.4 Å². The standard InChI is InChI=1S/C64H124O17P2/c1-7-9-11-13-15-17-18-19-20-21-22-23-24-28-36-42-48-63(68)80-59(52-75-62(67)47-41-35-29-25-26-32-38-44-56(3)4)54-78-82(70,71)76-50-58(65)51-77-83(72,73)79-55-60(53-74-61(66)46-40-34-27-16-14-12-10-8-2)81-64(69)49-43-37-31-30-33-39-45-57(5)6/h56-60,65H,7-55H2,1-6H3,(H,70,71)(H,72,73)/t58-,59-,60-/m1/s1. The lowest BCUT2D eigenvalue weighted by Crippen LogP contribution is -2.30. The molecule has 0 radical (unpaired) electrons. The van der Waals surface area contributed by atoms with E-state index in [-0.39, 0.29) is 25.7 Å². The number of rotatable bonds is 63. The lowest BCUT2D eigenvalue weighted by molar-refractivity contribution is -0.161. The topological polar surface area (TPSA) is 237 Å². The number of phosphoric acid groups is 2. The Kier molecular flexibility index (Phi) is 55.2. The minimum atomic E-state index is -4.94. The van der Waals surface area contributed by atoms with Crippen molar-refractivity contribution >= 4 is 39.5 Å². The maximum atomic E-state index is 13.0. The van der Waals surface area contributed by atoms with Crippen LogP contribution in [-0.4, -0.2) is 96.7 Å². The van der Waals surface area contributed by atoms with Gasteiger partial charge in [-0.3, -0.25) is 37.3 Å². The Morgan fingerprint density at radius 3 is 0.819 bits per heavy atom. The van der Waals surface area contributed by atoms with Crippen molar-refractivity contribution in [1.29, 1.82) is 0 Å². The van der Waals surface area contributed by atoms with Crippen molar-refractivity contribution in [3.05, 3.63) is 0 Å². The molecule has 0 spiro atoms. The van der Waals surface area contributed by atoms with Crippen LogP contribution in [0.25, 0.3) is 0 Å². The fourth-order valence-corrected chi connectivity index (χ4v) is 11.1. The summed E-state index contributed by atoms with van der Waals surface area (Å²) in [4.78, 5) is 72.1. The first-order valence-electron chi connectivity index (χ1n) is 33.5. The average Bonchev–Trinajstić information content (AvgIpc) is 3.45. The quantitative estimate of drug-likeness (QED) is 0.0222. The molecule has 0 amide bonds. The number of carbonyl (C=O) groups excluding carboxylic acids is 4. The van der Waals surface area contributed by atoms with E-state index in [4.69, 9.17) is 37.0 Å². The second kappa shape index (κ2) is 56.6. The fraction of sp³-hybridized carbons (Fsp3) is 0.938. The minimum absolute atomic E-state index is 0.102. The molecule has 2 unspecified atom stereocenters. The second-order valence-corrected chi connectivity index (χ2v) is 27.0. The highest BCUT2D eigenvalue weighted by molar-refractivity contribution is 7.47. The third kappa shape index (κ3) is 58.8. The Balaban J connectivity index is 5.20. The molecule has 5 atom stereocenters. The Morgan fingerprint density at radius 1 is 0.325 bits per heavy atom. The fourth-order valence-electron chi connectivity index (χ4n) is 9.53. The molecule has 0 aromatic carbocycles. The van der Waals surface area contributed by atoms with Gasteiger partial charge < -0.3 is 33.8 Å². The maximum absolute atomic E-state index is 13.0. The largest absolute Gasteiger partial charge is 0.472 e. The molecule has 0 aromatic heterocycles. The zero-order valence-electron chi connectivity index (χ0n) is 53.5. The molecular formula is C64H124O17P2. The lowest BCUT2D eigenvalue weighted by Gasteiger charge is -2.21. The van der Waals surface area contributed by atoms with Gasteiger partial charge in [0.25, 0.3) is 0 Å². The van der Waals surface area contributed by atoms with Gasteiger partial charge in [-0.1, -0.05) is 266 Å². The number of aliphatic hydroxyl groups excluding tert-OH is 1. The van der Waals surface area contributed by atoms with Crippen LogP contribution >= 0.6 is 15.6 Å². The molecule has 0 saturated heterocycles. The van der Waals surface area contributed by atoms with E-state index in [1.807, 2.05) is 0 Å². The van der Waals surface area contributed by atoms with Gasteiger partial charge in [0, 0.05) is 25.7 Å². The van der Waals surface area contributed by atoms with E-state index in [1.54, 1.807) is 0 Å². The van der Waals surface area contributed by atoms with Crippen molar-refractivity contribution in [2.45, 2.75) is 336 Å². The maximum Gasteiger partial charge on any atom is 0.472 e. The molecule has 0 saturated carbocycles. The predicted molar refractivity (Wildman–Crippen MR) is 331 cm³/mol. The number of ether oxygens (including phenoxy) is 4. The van der Waals surface area contributed by atoms with Gasteiger partial charge in [0.15, 0.2) is 12.2 Å². The summed E-state index contributed by atoms with van der Waals surface area (Å²) in [5.74, 6) is -0.766. The Labute approximate surface area is 505 Å². The van der Waals surface area contributed by atoms with Gasteiger partial charge in [-0.15, -0.1) is 0 Å². The first kappa shape index (κ1) is 81.1. The van der Waals surface area contributed by atoms with Crippen LogP contribution < -0.4 is 0 Å². The first-order valence-corrected chi connectivity index (χ1v) is 36.5. The number of aliphatic hydroxyl groups is 1. The van der Waals surface area contributed by atoms with Crippen molar-refractivity contribution in [2.75, 3.05) is 39.6 Å². The lowest BCUT2D eigenvalue weighted by atomic mass is 10.0. The van der Waals surface area contributed by atoms with Crippen molar-refractivity contribution in [3.8, 4) is 0 Å². The predicted octanol–water partition coefficient (Wildman–Crippen LogP) is 17.7. The number of phosphoric ester groups is 2. The summed E-state index contributed by atoms with van der Waals surface area (Å²) in [6.07, 6.45) is 39.3. The molecule has 3 N–H and O–H groups in total. The number of esters is 4. The van der Waals surface area contributed by atoms with Crippen molar-refractivity contribution < 1.29 is 80.2 Å². The average molecular weight is 1230 g/mol. The van der Waals surface area contributed by atoms with Gasteiger partial charge in [0.2, 0.25) is 0 Å². The number of hydrogen-bond donors (Lipinski definition) is 3. The van der Waals surface area contributed by atoms with Crippen LogP contribution in [0, 0.1) is 11.8 Å². The van der Waals surface area contributed by atoms with Crippen LogP contribution in [0.4, 0.5) is 0 Å². The van der Waals surface area contributed by atoms with E-state index < -0.39 is 97.5 Å². The Morgan fingerprint density at radius 2 is 0.554 bits per heavy atom. The van der Waals surface area contributed by atoms with Gasteiger partial charge in [-0.25, -0.2) is 9.13 Å². The van der Waals surface area contributed by atoms with E-state index >= 15 is 0 Å². The van der Waals surface area contributed by atoms with Crippen LogP contribution in [0.1, 0.15) is 318 Å². The van der Waals surface area contributed by atoms with Gasteiger partial charge >= 0.3 is 39.5 Å². The van der Waals surface area contributed by atoms with E-state index in [0.717, 1.165) is 103 Å². The van der Waals surface area contributed by atoms with Crippen molar-refractivity contribution in [2.24, 2.45) is 11.8 Å². The van der Waals surface area contributed by atoms with Crippen LogP contribution in [0.3, 0.4) is 0 Å². The summed E-state index contributed by atoms with van der Waals surface area (Å²) in [5.41, 5.74) is 0. The smallest absolute Gasteiger partial charge is 0.462 e. The molecular weight excluding hydrogens is 1100 g/mol. The van der Waals surface area contributed by atoms with Gasteiger partial charge in [0.1, 0.15) is 19.3 Å². The van der Waals surface area contributed by atoms with Crippen LogP contribution in [0.2, 0.25) is 0 Å². The molecule has 0 fully saturated rings. The summed E-state index contributed by atoms with van der Waals surface area (Å²) in [6.45, 7) is 9.32. The normalized spacial score (nSPS) is 14.3. The molecule has 0 heterocycles. The summed E-state index contributed by atoms with van der Waals surface area (Å²) < 4.78 is 67.9. The minimum Gasteiger partial charge on any atom is -0.462 e. The molecule has 19 heteroatoms. The molecule has 83 heavy (non-hydrogen) atoms. The van der Waals surface area contributed by atoms with Gasteiger partial charge in [0.05, 0.1) is 26.4 Å². The number of carbonyl (C=O) groups is 4. The van der Waals surface area contributed by atoms with E-state index in [2.05, 4.69) is 41.5 Å². The molecule has 0 aliphatic heterocycles. The Bertz CT molecular complexity index is 1630. The molecule has 0 aromatic rings. The highest BCUT2D eigenvalue weighted by Gasteiger charge is 2.30. The molecule has 492 valence electrons. The van der Waals surface area contributed by atoms with Crippen LogP contribution in [0.15, 0.2) is 0 Å². The van der Waals surface area contributed by atoms with Crippen molar-refractivity contribution in [3.63, 3.8) is 0 Å². The van der Waals surface area contributed by atoms with Gasteiger partial charge in [-0.2, -0.15) is 0 Å². The first-order chi connectivity index (χ1) is 39.9. The van der Waals surface area contributed by atoms with Crippen molar-refractivity contribution in [1.82, 2.24) is 0 Å². The highest BCUT2D eigenvalue weighted by atomic mass is 31.2. The summed E-state index contributed by atoms with van der Waals surface area (Å²) in [6, 6.07) is 0. The van der Waals surface area contributed by atoms with Crippen LogP contribution in [0.5, 0.6) is 0 Å². The zero-order chi connectivity index (χ0) is 61.5. The van der Waals surface area contributed by atoms with E-state index in [9.17, 15) is 43.2 Å². The monoisotopic (exact) mass is 1230 g/mol. The SMILES string of the molecule is CCCCCCCCCCCCCCCCCCC(=O)O[C@H](COC(=O)CCCCCCCCCC(C)C)COP(=O)(O)OC[C@@H](O)COP(=O)(O)OC[C@@H](COC(=O)CCCCCCCCCC)OC(=O)CCCCCCCCC(C)C. The third-order valence-corrected chi connectivity index (χ3v) is 16.6. The number of hydrogen-bond acceptors (Lipinski definition) is 15. The molecule has 0 rings (SSSR count). The molecule has 0 bridgehead atoms. The summed E-state index contributed by atoms with van der Waals surface area (Å²) in [5, 5.41) is 10.5.